The minimum atomic E-state index is -0.0400. The van der Waals surface area contributed by atoms with Crippen LogP contribution in [-0.4, -0.2) is 31.2 Å². The smallest absolute Gasteiger partial charge is 0.224 e. The van der Waals surface area contributed by atoms with Crippen LogP contribution in [0.3, 0.4) is 0 Å². The van der Waals surface area contributed by atoms with Gasteiger partial charge in [0.2, 0.25) is 5.91 Å². The van der Waals surface area contributed by atoms with Crippen LogP contribution in [0.2, 0.25) is 0 Å². The van der Waals surface area contributed by atoms with Crippen molar-refractivity contribution in [2.45, 2.75) is 19.3 Å². The number of methoxy groups -OCH3 is 1. The van der Waals surface area contributed by atoms with Crippen molar-refractivity contribution in [2.24, 2.45) is 0 Å². The Hall–Kier alpha value is -2.40. The summed E-state index contributed by atoms with van der Waals surface area (Å²) in [6.07, 6.45) is 5.38. The summed E-state index contributed by atoms with van der Waals surface area (Å²) < 4.78 is 10.7. The highest BCUT2D eigenvalue weighted by Crippen LogP contribution is 2.24. The van der Waals surface area contributed by atoms with E-state index in [2.05, 4.69) is 10.3 Å². The van der Waals surface area contributed by atoms with E-state index in [1.807, 2.05) is 36.4 Å². The molecule has 0 saturated carbocycles. The molecular weight excluding hydrogens is 292 g/mol. The van der Waals surface area contributed by atoms with Gasteiger partial charge in [-0.3, -0.25) is 9.78 Å². The van der Waals surface area contributed by atoms with E-state index in [0.29, 0.717) is 37.5 Å². The van der Waals surface area contributed by atoms with Gasteiger partial charge in [-0.2, -0.15) is 0 Å². The number of rotatable bonds is 9. The first kappa shape index (κ1) is 17.0. The van der Waals surface area contributed by atoms with Gasteiger partial charge in [-0.25, -0.2) is 0 Å². The van der Waals surface area contributed by atoms with Gasteiger partial charge >= 0.3 is 0 Å². The number of amides is 1. The lowest BCUT2D eigenvalue weighted by molar-refractivity contribution is -0.116. The maximum absolute atomic E-state index is 12.1. The second-order valence-corrected chi connectivity index (χ2v) is 5.10. The van der Waals surface area contributed by atoms with E-state index in [1.165, 1.54) is 0 Å². The van der Waals surface area contributed by atoms with E-state index < -0.39 is 0 Å². The molecule has 1 aromatic carbocycles. The summed E-state index contributed by atoms with van der Waals surface area (Å²) in [6, 6.07) is 11.3. The highest BCUT2D eigenvalue weighted by molar-refractivity contribution is 5.92. The van der Waals surface area contributed by atoms with Crippen LogP contribution < -0.4 is 10.1 Å². The molecule has 1 aromatic heterocycles. The predicted octanol–water partition coefficient (Wildman–Crippen LogP) is 3.07. The molecule has 1 amide bonds. The Bertz CT molecular complexity index is 602. The average molecular weight is 314 g/mol. The van der Waals surface area contributed by atoms with E-state index in [4.69, 9.17) is 9.47 Å². The lowest BCUT2D eigenvalue weighted by Crippen LogP contribution is -2.13. The zero-order valence-corrected chi connectivity index (χ0v) is 13.3. The van der Waals surface area contributed by atoms with Crippen molar-refractivity contribution < 1.29 is 14.3 Å². The van der Waals surface area contributed by atoms with Crippen LogP contribution in [0.4, 0.5) is 5.69 Å². The highest BCUT2D eigenvalue weighted by atomic mass is 16.5. The third-order valence-electron chi connectivity index (χ3n) is 3.28. The number of aromatic nitrogens is 1. The molecule has 23 heavy (non-hydrogen) atoms. The molecule has 0 saturated heterocycles. The summed E-state index contributed by atoms with van der Waals surface area (Å²) in [5, 5.41) is 2.91. The van der Waals surface area contributed by atoms with Crippen molar-refractivity contribution in [1.29, 1.82) is 0 Å². The Balaban J connectivity index is 1.85. The van der Waals surface area contributed by atoms with E-state index in [9.17, 15) is 4.79 Å². The van der Waals surface area contributed by atoms with Crippen molar-refractivity contribution in [3.63, 3.8) is 0 Å². The van der Waals surface area contributed by atoms with Gasteiger partial charge in [0, 0.05) is 39.0 Å². The molecule has 122 valence electrons. The fourth-order valence-electron chi connectivity index (χ4n) is 2.10. The minimum absolute atomic E-state index is 0.0400. The molecule has 0 unspecified atom stereocenters. The van der Waals surface area contributed by atoms with Crippen LogP contribution in [0.15, 0.2) is 48.8 Å². The fraction of sp³-hybridized carbons (Fsp3) is 0.333. The Morgan fingerprint density at radius 2 is 2.04 bits per heavy atom. The number of nitrogens with zero attached hydrogens (tertiary/aromatic N) is 1. The van der Waals surface area contributed by atoms with Gasteiger partial charge in [-0.05, 0) is 30.2 Å². The maximum atomic E-state index is 12.1. The van der Waals surface area contributed by atoms with Crippen molar-refractivity contribution in [1.82, 2.24) is 4.98 Å². The summed E-state index contributed by atoms with van der Waals surface area (Å²) >= 11 is 0. The number of hydrogen-bond acceptors (Lipinski definition) is 4. The van der Waals surface area contributed by atoms with Crippen LogP contribution in [0.25, 0.3) is 0 Å². The van der Waals surface area contributed by atoms with E-state index in [0.717, 1.165) is 12.0 Å². The number of pyridine rings is 1. The molecule has 2 rings (SSSR count). The Morgan fingerprint density at radius 3 is 2.83 bits per heavy atom. The molecule has 0 aliphatic heterocycles. The zero-order chi connectivity index (χ0) is 16.3. The monoisotopic (exact) mass is 314 g/mol. The number of carbonyl (C=O) groups is 1. The third kappa shape index (κ3) is 6.08. The standard InChI is InChI=1S/C18H22N2O3/c1-22-12-5-13-23-17-8-3-2-7-16(17)20-18(21)10-9-15-6-4-11-19-14-15/h2-4,6-8,11,14H,5,9-10,12-13H2,1H3,(H,20,21). The second kappa shape index (κ2) is 9.58. The van der Waals surface area contributed by atoms with Gasteiger partial charge in [0.1, 0.15) is 5.75 Å². The molecule has 1 N–H and O–H groups in total. The minimum Gasteiger partial charge on any atom is -0.491 e. The number of nitrogens with one attached hydrogen (secondary N) is 1. The molecule has 0 aliphatic rings. The van der Waals surface area contributed by atoms with Crippen LogP contribution in [0.5, 0.6) is 5.75 Å². The lowest BCUT2D eigenvalue weighted by Gasteiger charge is -2.12. The van der Waals surface area contributed by atoms with Gasteiger partial charge in [0.05, 0.1) is 12.3 Å². The van der Waals surface area contributed by atoms with E-state index >= 15 is 0 Å². The molecule has 0 fully saturated rings. The molecular formula is C18H22N2O3. The van der Waals surface area contributed by atoms with Crippen molar-refractivity contribution in [2.75, 3.05) is 25.6 Å². The van der Waals surface area contributed by atoms with Crippen LogP contribution in [-0.2, 0) is 16.0 Å². The highest BCUT2D eigenvalue weighted by Gasteiger charge is 2.08. The van der Waals surface area contributed by atoms with Gasteiger partial charge in [-0.1, -0.05) is 18.2 Å². The fourth-order valence-corrected chi connectivity index (χ4v) is 2.10. The number of carbonyl (C=O) groups excluding carboxylic acids is 1. The molecule has 0 atom stereocenters. The van der Waals surface area contributed by atoms with E-state index in [1.54, 1.807) is 19.5 Å². The first-order chi connectivity index (χ1) is 11.3. The van der Waals surface area contributed by atoms with Crippen molar-refractivity contribution in [3.05, 3.63) is 54.4 Å². The van der Waals surface area contributed by atoms with Crippen molar-refractivity contribution in [3.8, 4) is 5.75 Å². The summed E-state index contributed by atoms with van der Waals surface area (Å²) in [5.74, 6) is 0.639. The maximum Gasteiger partial charge on any atom is 0.224 e. The van der Waals surface area contributed by atoms with Gasteiger partial charge in [-0.15, -0.1) is 0 Å². The Kier molecular flexibility index (Phi) is 7.07. The van der Waals surface area contributed by atoms with E-state index in [-0.39, 0.29) is 5.91 Å². The summed E-state index contributed by atoms with van der Waals surface area (Å²) in [5.41, 5.74) is 1.74. The molecule has 5 nitrogen and oxygen atoms in total. The largest absolute Gasteiger partial charge is 0.491 e. The van der Waals surface area contributed by atoms with Crippen LogP contribution in [0, 0.1) is 0 Å². The van der Waals surface area contributed by atoms with Crippen LogP contribution in [0.1, 0.15) is 18.4 Å². The molecule has 0 spiro atoms. The summed E-state index contributed by atoms with van der Waals surface area (Å²) in [7, 11) is 1.66. The third-order valence-corrected chi connectivity index (χ3v) is 3.28. The zero-order valence-electron chi connectivity index (χ0n) is 13.3. The second-order valence-electron chi connectivity index (χ2n) is 5.10. The number of anilines is 1. The lowest BCUT2D eigenvalue weighted by atomic mass is 10.1. The SMILES string of the molecule is COCCCOc1ccccc1NC(=O)CCc1cccnc1. The van der Waals surface area contributed by atoms with Gasteiger partial charge < -0.3 is 14.8 Å². The van der Waals surface area contributed by atoms with Gasteiger partial charge in [0.15, 0.2) is 0 Å². The molecule has 2 aromatic rings. The quantitative estimate of drug-likeness (QED) is 0.723. The molecule has 0 radical (unpaired) electrons. The molecule has 0 bridgehead atoms. The van der Waals surface area contributed by atoms with Crippen LogP contribution >= 0.6 is 0 Å². The first-order valence-corrected chi connectivity index (χ1v) is 7.69. The summed E-state index contributed by atoms with van der Waals surface area (Å²) in [4.78, 5) is 16.2. The summed E-state index contributed by atoms with van der Waals surface area (Å²) in [6.45, 7) is 1.20. The number of para-hydroxylation sites is 2. The van der Waals surface area contributed by atoms with Crippen molar-refractivity contribution >= 4 is 11.6 Å². The topological polar surface area (TPSA) is 60.5 Å². The molecule has 0 aliphatic carbocycles. The number of ether oxygens (including phenoxy) is 2. The first-order valence-electron chi connectivity index (χ1n) is 7.69. The Morgan fingerprint density at radius 1 is 1.17 bits per heavy atom. The van der Waals surface area contributed by atoms with Gasteiger partial charge in [0.25, 0.3) is 0 Å². The number of hydrogen-bond donors (Lipinski definition) is 1. The average Bonchev–Trinajstić information content (AvgIpc) is 2.59. The predicted molar refractivity (Wildman–Crippen MR) is 89.6 cm³/mol. The molecule has 5 heteroatoms. The Labute approximate surface area is 136 Å². The number of aryl methyl sites for hydroxylation is 1. The number of benzene rings is 1. The molecule has 1 heterocycles. The normalized spacial score (nSPS) is 10.3.